The predicted octanol–water partition coefficient (Wildman–Crippen LogP) is 3.33. The molecule has 1 aliphatic heterocycles. The summed E-state index contributed by atoms with van der Waals surface area (Å²) in [6.45, 7) is 2.14. The third-order valence-corrected chi connectivity index (χ3v) is 3.28. The SMILES string of the molecule is C[C@H]1CCc2c(ccc(F)c2Br)N1. The van der Waals surface area contributed by atoms with E-state index in [4.69, 9.17) is 0 Å². The number of halogens is 2. The summed E-state index contributed by atoms with van der Waals surface area (Å²) in [7, 11) is 0. The van der Waals surface area contributed by atoms with Crippen LogP contribution in [0.2, 0.25) is 0 Å². The molecule has 1 nitrogen and oxygen atoms in total. The number of nitrogens with one attached hydrogen (secondary N) is 1. The minimum atomic E-state index is -0.171. The molecule has 1 atom stereocenters. The molecule has 1 aromatic rings. The van der Waals surface area contributed by atoms with Crippen LogP contribution in [0.5, 0.6) is 0 Å². The van der Waals surface area contributed by atoms with Crippen molar-refractivity contribution in [1.29, 1.82) is 0 Å². The number of hydrogen-bond acceptors (Lipinski definition) is 1. The summed E-state index contributed by atoms with van der Waals surface area (Å²) < 4.78 is 13.7. The summed E-state index contributed by atoms with van der Waals surface area (Å²) in [6.07, 6.45) is 2.01. The zero-order valence-electron chi connectivity index (χ0n) is 7.40. The molecule has 0 saturated heterocycles. The Hall–Kier alpha value is -0.570. The third kappa shape index (κ3) is 1.57. The van der Waals surface area contributed by atoms with E-state index in [9.17, 15) is 4.39 Å². The predicted molar refractivity (Wildman–Crippen MR) is 55.5 cm³/mol. The van der Waals surface area contributed by atoms with Crippen molar-refractivity contribution >= 4 is 21.6 Å². The molecule has 13 heavy (non-hydrogen) atoms. The Labute approximate surface area is 85.5 Å². The number of anilines is 1. The molecule has 1 aliphatic rings. The first-order valence-electron chi connectivity index (χ1n) is 4.42. The average molecular weight is 244 g/mol. The van der Waals surface area contributed by atoms with Gasteiger partial charge in [0, 0.05) is 11.7 Å². The Bertz CT molecular complexity index is 338. The lowest BCUT2D eigenvalue weighted by molar-refractivity contribution is 0.610. The molecule has 0 aliphatic carbocycles. The van der Waals surface area contributed by atoms with Gasteiger partial charge in [-0.05, 0) is 53.4 Å². The monoisotopic (exact) mass is 243 g/mol. The third-order valence-electron chi connectivity index (χ3n) is 2.43. The van der Waals surface area contributed by atoms with Gasteiger partial charge in [0.1, 0.15) is 5.82 Å². The van der Waals surface area contributed by atoms with Gasteiger partial charge < -0.3 is 5.32 Å². The van der Waals surface area contributed by atoms with Crippen LogP contribution in [0.15, 0.2) is 16.6 Å². The van der Waals surface area contributed by atoms with Crippen molar-refractivity contribution in [3.8, 4) is 0 Å². The summed E-state index contributed by atoms with van der Waals surface area (Å²) in [5.41, 5.74) is 2.13. The van der Waals surface area contributed by atoms with Gasteiger partial charge >= 0.3 is 0 Å². The number of hydrogen-bond donors (Lipinski definition) is 1. The van der Waals surface area contributed by atoms with Crippen LogP contribution in [0.25, 0.3) is 0 Å². The molecular formula is C10H11BrFN. The summed E-state index contributed by atoms with van der Waals surface area (Å²) in [5.74, 6) is -0.171. The highest BCUT2D eigenvalue weighted by molar-refractivity contribution is 9.10. The second kappa shape index (κ2) is 3.29. The van der Waals surface area contributed by atoms with E-state index in [2.05, 4.69) is 28.2 Å². The topological polar surface area (TPSA) is 12.0 Å². The van der Waals surface area contributed by atoms with E-state index in [1.165, 1.54) is 6.07 Å². The first-order valence-corrected chi connectivity index (χ1v) is 5.21. The van der Waals surface area contributed by atoms with Crippen LogP contribution in [0.3, 0.4) is 0 Å². The van der Waals surface area contributed by atoms with E-state index < -0.39 is 0 Å². The molecule has 1 heterocycles. The van der Waals surface area contributed by atoms with Crippen molar-refractivity contribution in [3.05, 3.63) is 28.0 Å². The van der Waals surface area contributed by atoms with Gasteiger partial charge in [-0.3, -0.25) is 0 Å². The minimum absolute atomic E-state index is 0.171. The van der Waals surface area contributed by atoms with E-state index in [1.54, 1.807) is 0 Å². The van der Waals surface area contributed by atoms with Crippen molar-refractivity contribution in [2.45, 2.75) is 25.8 Å². The Morgan fingerprint density at radius 1 is 1.54 bits per heavy atom. The molecule has 0 saturated carbocycles. The van der Waals surface area contributed by atoms with Crippen LogP contribution in [-0.4, -0.2) is 6.04 Å². The molecule has 0 aromatic heterocycles. The molecule has 0 spiro atoms. The van der Waals surface area contributed by atoms with E-state index in [1.807, 2.05) is 6.07 Å². The van der Waals surface area contributed by atoms with Gasteiger partial charge in [-0.15, -0.1) is 0 Å². The first kappa shape index (κ1) is 9.00. The Morgan fingerprint density at radius 3 is 3.08 bits per heavy atom. The molecule has 0 amide bonds. The maximum Gasteiger partial charge on any atom is 0.137 e. The smallest absolute Gasteiger partial charge is 0.137 e. The normalized spacial score (nSPS) is 20.7. The molecule has 0 fully saturated rings. The number of fused-ring (bicyclic) bond motifs is 1. The zero-order valence-corrected chi connectivity index (χ0v) is 8.99. The largest absolute Gasteiger partial charge is 0.382 e. The second-order valence-electron chi connectivity index (χ2n) is 3.47. The van der Waals surface area contributed by atoms with Gasteiger partial charge in [-0.1, -0.05) is 0 Å². The van der Waals surface area contributed by atoms with Crippen LogP contribution in [0.4, 0.5) is 10.1 Å². The molecule has 1 aromatic carbocycles. The van der Waals surface area contributed by atoms with Crippen LogP contribution in [0, 0.1) is 5.82 Å². The van der Waals surface area contributed by atoms with E-state index >= 15 is 0 Å². The van der Waals surface area contributed by atoms with Crippen LogP contribution in [-0.2, 0) is 6.42 Å². The lowest BCUT2D eigenvalue weighted by Gasteiger charge is -2.25. The van der Waals surface area contributed by atoms with E-state index in [0.29, 0.717) is 10.5 Å². The fourth-order valence-corrected chi connectivity index (χ4v) is 2.21. The van der Waals surface area contributed by atoms with Gasteiger partial charge in [0.05, 0.1) is 4.47 Å². The van der Waals surface area contributed by atoms with Gasteiger partial charge in [0.2, 0.25) is 0 Å². The quantitative estimate of drug-likeness (QED) is 0.738. The fraction of sp³-hybridized carbons (Fsp3) is 0.400. The van der Waals surface area contributed by atoms with Crippen LogP contribution in [0.1, 0.15) is 18.9 Å². The summed E-state index contributed by atoms with van der Waals surface area (Å²) in [4.78, 5) is 0. The summed E-state index contributed by atoms with van der Waals surface area (Å²) >= 11 is 3.27. The van der Waals surface area contributed by atoms with Crippen LogP contribution < -0.4 is 5.32 Å². The maximum absolute atomic E-state index is 13.1. The van der Waals surface area contributed by atoms with Gasteiger partial charge in [0.15, 0.2) is 0 Å². The Morgan fingerprint density at radius 2 is 2.31 bits per heavy atom. The molecule has 70 valence electrons. The van der Waals surface area contributed by atoms with Gasteiger partial charge in [-0.2, -0.15) is 0 Å². The number of rotatable bonds is 0. The van der Waals surface area contributed by atoms with Crippen molar-refractivity contribution in [3.63, 3.8) is 0 Å². The molecule has 0 radical (unpaired) electrons. The highest BCUT2D eigenvalue weighted by Gasteiger charge is 2.17. The highest BCUT2D eigenvalue weighted by Crippen LogP contribution is 2.32. The molecule has 1 N–H and O–H groups in total. The fourth-order valence-electron chi connectivity index (χ4n) is 1.67. The standard InChI is InChI=1S/C10H11BrFN/c1-6-2-3-7-9(13-6)5-4-8(12)10(7)11/h4-6,13H,2-3H2,1H3/t6-/m0/s1. The van der Waals surface area contributed by atoms with Gasteiger partial charge in [-0.25, -0.2) is 4.39 Å². The molecule has 0 unspecified atom stereocenters. The number of benzene rings is 1. The summed E-state index contributed by atoms with van der Waals surface area (Å²) in [6, 6.07) is 3.80. The summed E-state index contributed by atoms with van der Waals surface area (Å²) in [5, 5.41) is 3.33. The lowest BCUT2D eigenvalue weighted by atomic mass is 9.99. The average Bonchev–Trinajstić information content (AvgIpc) is 2.12. The van der Waals surface area contributed by atoms with E-state index in [-0.39, 0.29) is 5.82 Å². The maximum atomic E-state index is 13.1. The van der Waals surface area contributed by atoms with Gasteiger partial charge in [0.25, 0.3) is 0 Å². The molecule has 0 bridgehead atoms. The second-order valence-corrected chi connectivity index (χ2v) is 4.26. The van der Waals surface area contributed by atoms with Crippen molar-refractivity contribution in [1.82, 2.24) is 0 Å². The molecule has 2 rings (SSSR count). The Balaban J connectivity index is 2.47. The van der Waals surface area contributed by atoms with Crippen molar-refractivity contribution < 1.29 is 4.39 Å². The lowest BCUT2D eigenvalue weighted by Crippen LogP contribution is -2.22. The van der Waals surface area contributed by atoms with Crippen molar-refractivity contribution in [2.24, 2.45) is 0 Å². The molecule has 3 heteroatoms. The Kier molecular flexibility index (Phi) is 2.28. The zero-order chi connectivity index (χ0) is 9.42. The molecular weight excluding hydrogens is 233 g/mol. The first-order chi connectivity index (χ1) is 6.18. The highest BCUT2D eigenvalue weighted by atomic mass is 79.9. The minimum Gasteiger partial charge on any atom is -0.382 e. The van der Waals surface area contributed by atoms with Crippen molar-refractivity contribution in [2.75, 3.05) is 5.32 Å². The van der Waals surface area contributed by atoms with Crippen LogP contribution >= 0.6 is 15.9 Å². The van der Waals surface area contributed by atoms with E-state index in [0.717, 1.165) is 24.1 Å².